The monoisotopic (exact) mass is 395 g/mol. The lowest BCUT2D eigenvalue weighted by molar-refractivity contribution is -0.119. The summed E-state index contributed by atoms with van der Waals surface area (Å²) in [6.45, 7) is 7.40. The number of ether oxygens (including phenoxy) is 2. The number of anilines is 1. The molecule has 1 aromatic heterocycles. The minimum atomic E-state index is -0.0640. The van der Waals surface area contributed by atoms with Crippen LogP contribution in [0, 0.1) is 6.92 Å². The quantitative estimate of drug-likeness (QED) is 0.773. The lowest BCUT2D eigenvalue weighted by Crippen LogP contribution is -2.25. The molecule has 1 saturated carbocycles. The van der Waals surface area contributed by atoms with Crippen LogP contribution < -0.4 is 19.7 Å². The fourth-order valence-electron chi connectivity index (χ4n) is 3.75. The Kier molecular flexibility index (Phi) is 5.60. The largest absolute Gasteiger partial charge is 0.490 e. The minimum absolute atomic E-state index is 0.0497. The number of aryl methyl sites for hydroxylation is 1. The van der Waals surface area contributed by atoms with Crippen molar-refractivity contribution in [2.24, 2.45) is 0 Å². The van der Waals surface area contributed by atoms with Gasteiger partial charge >= 0.3 is 0 Å². The van der Waals surface area contributed by atoms with Gasteiger partial charge < -0.3 is 19.7 Å². The van der Waals surface area contributed by atoms with Crippen molar-refractivity contribution in [1.29, 1.82) is 0 Å². The Hall–Kier alpha value is -2.76. The Morgan fingerprint density at radius 3 is 2.66 bits per heavy atom. The van der Waals surface area contributed by atoms with Gasteiger partial charge in [0.2, 0.25) is 11.8 Å². The molecule has 1 N–H and O–H groups in total. The molecule has 154 valence electrons. The van der Waals surface area contributed by atoms with Crippen LogP contribution in [0.5, 0.6) is 11.6 Å². The normalized spacial score (nSPS) is 19.7. The van der Waals surface area contributed by atoms with Crippen LogP contribution in [0.4, 0.5) is 5.69 Å². The van der Waals surface area contributed by atoms with Crippen molar-refractivity contribution >= 4 is 11.6 Å². The zero-order valence-electron chi connectivity index (χ0n) is 17.4. The zero-order valence-corrected chi connectivity index (χ0v) is 17.4. The van der Waals surface area contributed by atoms with Gasteiger partial charge in [-0.2, -0.15) is 0 Å². The molecule has 6 heteroatoms. The summed E-state index contributed by atoms with van der Waals surface area (Å²) in [6, 6.07) is 10.1. The fraction of sp³-hybridized carbons (Fsp3) is 0.478. The maximum atomic E-state index is 11.2. The second-order valence-corrected chi connectivity index (χ2v) is 8.09. The third-order valence-corrected chi connectivity index (χ3v) is 5.45. The van der Waals surface area contributed by atoms with E-state index in [2.05, 4.69) is 40.3 Å². The molecule has 4 rings (SSSR count). The lowest BCUT2D eigenvalue weighted by atomic mass is 10.1. The average molecular weight is 396 g/mol. The van der Waals surface area contributed by atoms with Gasteiger partial charge in [0.25, 0.3) is 0 Å². The van der Waals surface area contributed by atoms with Gasteiger partial charge in [0, 0.05) is 37.8 Å². The molecule has 2 atom stereocenters. The standard InChI is InChI=1S/C23H29N3O3/c1-15-12-20(28-19-5-6-19)7-8-22(15)26-11-10-21(14-26)29-23-9-4-18(13-24-23)16(2)25-17(3)27/h4,7-9,12-13,16,19,21H,5-6,10-11,14H2,1-3H3,(H,25,27)/t16-,21?/m0/s1. The number of pyridine rings is 1. The number of hydrogen-bond acceptors (Lipinski definition) is 5. The zero-order chi connectivity index (χ0) is 20.4. The molecule has 2 fully saturated rings. The summed E-state index contributed by atoms with van der Waals surface area (Å²) in [5, 5.41) is 2.86. The smallest absolute Gasteiger partial charge is 0.217 e. The van der Waals surface area contributed by atoms with Crippen LogP contribution in [-0.2, 0) is 4.79 Å². The van der Waals surface area contributed by atoms with Crippen LogP contribution >= 0.6 is 0 Å². The van der Waals surface area contributed by atoms with E-state index in [1.165, 1.54) is 31.0 Å². The van der Waals surface area contributed by atoms with E-state index < -0.39 is 0 Å². The van der Waals surface area contributed by atoms with Gasteiger partial charge in [0.1, 0.15) is 11.9 Å². The van der Waals surface area contributed by atoms with E-state index in [1.807, 2.05) is 19.1 Å². The van der Waals surface area contributed by atoms with Crippen molar-refractivity contribution in [3.05, 3.63) is 47.7 Å². The molecule has 1 aliphatic heterocycles. The summed E-state index contributed by atoms with van der Waals surface area (Å²) in [5.41, 5.74) is 3.44. The topological polar surface area (TPSA) is 63.7 Å². The number of nitrogens with zero attached hydrogens (tertiary/aromatic N) is 2. The van der Waals surface area contributed by atoms with Crippen molar-refractivity contribution in [3.63, 3.8) is 0 Å². The van der Waals surface area contributed by atoms with E-state index in [1.54, 1.807) is 6.20 Å². The molecule has 0 spiro atoms. The van der Waals surface area contributed by atoms with E-state index in [-0.39, 0.29) is 18.1 Å². The number of carbonyl (C=O) groups is 1. The number of aromatic nitrogens is 1. The maximum absolute atomic E-state index is 11.2. The molecule has 29 heavy (non-hydrogen) atoms. The Morgan fingerprint density at radius 2 is 2.00 bits per heavy atom. The maximum Gasteiger partial charge on any atom is 0.217 e. The summed E-state index contributed by atoms with van der Waals surface area (Å²) in [4.78, 5) is 18.0. The van der Waals surface area contributed by atoms with Crippen LogP contribution in [-0.4, -0.2) is 36.2 Å². The first-order valence-corrected chi connectivity index (χ1v) is 10.4. The number of amides is 1. The van der Waals surface area contributed by atoms with Crippen LogP contribution in [0.3, 0.4) is 0 Å². The highest BCUT2D eigenvalue weighted by Crippen LogP contribution is 2.32. The number of carbonyl (C=O) groups excluding carboxylic acids is 1. The Bertz CT molecular complexity index is 864. The third-order valence-electron chi connectivity index (χ3n) is 5.45. The minimum Gasteiger partial charge on any atom is -0.490 e. The van der Waals surface area contributed by atoms with Crippen molar-refractivity contribution in [2.75, 3.05) is 18.0 Å². The number of nitrogens with one attached hydrogen (secondary N) is 1. The second kappa shape index (κ2) is 8.31. The van der Waals surface area contributed by atoms with Crippen molar-refractivity contribution in [1.82, 2.24) is 10.3 Å². The predicted molar refractivity (Wildman–Crippen MR) is 113 cm³/mol. The van der Waals surface area contributed by atoms with Gasteiger partial charge in [-0.15, -0.1) is 0 Å². The molecule has 0 radical (unpaired) electrons. The SMILES string of the molecule is CC(=O)N[C@@H](C)c1ccc(OC2CCN(c3ccc(OC4CC4)cc3C)C2)nc1. The summed E-state index contributed by atoms with van der Waals surface area (Å²) in [6.07, 6.45) is 5.62. The van der Waals surface area contributed by atoms with Crippen LogP contribution in [0.2, 0.25) is 0 Å². The first-order valence-electron chi connectivity index (χ1n) is 10.4. The number of hydrogen-bond donors (Lipinski definition) is 1. The molecule has 2 heterocycles. The third kappa shape index (κ3) is 5.00. The molecule has 1 aromatic carbocycles. The first-order chi connectivity index (χ1) is 14.0. The summed E-state index contributed by atoms with van der Waals surface area (Å²) >= 11 is 0. The van der Waals surface area contributed by atoms with E-state index in [9.17, 15) is 4.79 Å². The molecular formula is C23H29N3O3. The van der Waals surface area contributed by atoms with E-state index in [0.717, 1.165) is 30.8 Å². The van der Waals surface area contributed by atoms with E-state index in [4.69, 9.17) is 9.47 Å². The van der Waals surface area contributed by atoms with Gasteiger partial charge in [-0.25, -0.2) is 4.98 Å². The van der Waals surface area contributed by atoms with Gasteiger partial charge in [-0.1, -0.05) is 6.07 Å². The summed E-state index contributed by atoms with van der Waals surface area (Å²) in [5.74, 6) is 1.55. The summed E-state index contributed by atoms with van der Waals surface area (Å²) in [7, 11) is 0. The summed E-state index contributed by atoms with van der Waals surface area (Å²) < 4.78 is 12.0. The highest BCUT2D eigenvalue weighted by atomic mass is 16.5. The first kappa shape index (κ1) is 19.6. The molecule has 2 aliphatic rings. The van der Waals surface area contributed by atoms with Gasteiger partial charge in [0.05, 0.1) is 18.7 Å². The highest BCUT2D eigenvalue weighted by Gasteiger charge is 2.27. The van der Waals surface area contributed by atoms with Crippen molar-refractivity contribution in [2.45, 2.75) is 58.3 Å². The fourth-order valence-corrected chi connectivity index (χ4v) is 3.75. The van der Waals surface area contributed by atoms with Crippen LogP contribution in [0.15, 0.2) is 36.5 Å². The van der Waals surface area contributed by atoms with Crippen molar-refractivity contribution < 1.29 is 14.3 Å². The Balaban J connectivity index is 1.33. The Labute approximate surface area is 172 Å². The molecular weight excluding hydrogens is 366 g/mol. The Morgan fingerprint density at radius 1 is 1.17 bits per heavy atom. The van der Waals surface area contributed by atoms with Gasteiger partial charge in [-0.05, 0) is 56.0 Å². The molecule has 0 bridgehead atoms. The van der Waals surface area contributed by atoms with Crippen LogP contribution in [0.25, 0.3) is 0 Å². The molecule has 1 amide bonds. The van der Waals surface area contributed by atoms with E-state index >= 15 is 0 Å². The average Bonchev–Trinajstić information content (AvgIpc) is 3.38. The molecule has 1 saturated heterocycles. The highest BCUT2D eigenvalue weighted by molar-refractivity contribution is 5.73. The molecule has 2 aromatic rings. The predicted octanol–water partition coefficient (Wildman–Crippen LogP) is 3.79. The lowest BCUT2D eigenvalue weighted by Gasteiger charge is -2.21. The molecule has 1 unspecified atom stereocenters. The van der Waals surface area contributed by atoms with Gasteiger partial charge in [-0.3, -0.25) is 4.79 Å². The molecule has 1 aliphatic carbocycles. The number of rotatable bonds is 7. The van der Waals surface area contributed by atoms with Gasteiger partial charge in [0.15, 0.2) is 0 Å². The van der Waals surface area contributed by atoms with Crippen molar-refractivity contribution in [3.8, 4) is 11.6 Å². The van der Waals surface area contributed by atoms with E-state index in [0.29, 0.717) is 12.0 Å². The second-order valence-electron chi connectivity index (χ2n) is 8.09. The number of benzene rings is 1. The van der Waals surface area contributed by atoms with Crippen LogP contribution in [0.1, 0.15) is 50.3 Å². The molecule has 6 nitrogen and oxygen atoms in total.